The van der Waals surface area contributed by atoms with Gasteiger partial charge in [0.15, 0.2) is 0 Å². The summed E-state index contributed by atoms with van der Waals surface area (Å²) in [7, 11) is 0. The molecule has 0 saturated carbocycles. The largest absolute Gasteiger partial charge is 0.508 e. The Hall–Kier alpha value is -2.84. The van der Waals surface area contributed by atoms with Crippen molar-refractivity contribution in [1.29, 1.82) is 5.26 Å². The molecule has 102 valence electrons. The topological polar surface area (TPSA) is 78.9 Å². The van der Waals surface area contributed by atoms with Crippen LogP contribution in [0.1, 0.15) is 5.56 Å². The summed E-state index contributed by atoms with van der Waals surface area (Å²) in [6, 6.07) is 11.2. The van der Waals surface area contributed by atoms with Gasteiger partial charge in [-0.1, -0.05) is 11.6 Å². The maximum atomic E-state index is 12.4. The molecular weight excluding hydrogens is 290 g/mol. The van der Waals surface area contributed by atoms with Crippen molar-refractivity contribution in [2.24, 2.45) is 0 Å². The van der Waals surface area contributed by atoms with Crippen LogP contribution in [0.2, 0.25) is 5.15 Å². The minimum Gasteiger partial charge on any atom is -0.508 e. The molecule has 0 aliphatic rings. The summed E-state index contributed by atoms with van der Waals surface area (Å²) < 4.78 is 1.33. The molecule has 0 spiro atoms. The second-order valence-electron chi connectivity index (χ2n) is 4.39. The van der Waals surface area contributed by atoms with E-state index in [0.29, 0.717) is 21.7 Å². The van der Waals surface area contributed by atoms with Crippen LogP contribution in [0.4, 0.5) is 0 Å². The highest BCUT2D eigenvalue weighted by molar-refractivity contribution is 6.29. The van der Waals surface area contributed by atoms with Crippen LogP contribution in [-0.4, -0.2) is 14.7 Å². The van der Waals surface area contributed by atoms with Gasteiger partial charge in [0.1, 0.15) is 22.5 Å². The molecule has 1 N–H and O–H groups in total. The van der Waals surface area contributed by atoms with Gasteiger partial charge in [0.05, 0.1) is 17.4 Å². The number of halogens is 1. The Kier molecular flexibility index (Phi) is 3.09. The van der Waals surface area contributed by atoms with E-state index in [2.05, 4.69) is 4.98 Å². The fourth-order valence-corrected chi connectivity index (χ4v) is 2.24. The van der Waals surface area contributed by atoms with E-state index in [1.54, 1.807) is 18.2 Å². The summed E-state index contributed by atoms with van der Waals surface area (Å²) in [6.07, 6.45) is 1.44. The Balaban J connectivity index is 2.46. The van der Waals surface area contributed by atoms with Gasteiger partial charge in [-0.2, -0.15) is 5.26 Å². The molecule has 0 aliphatic carbocycles. The van der Waals surface area contributed by atoms with Crippen LogP contribution in [0.3, 0.4) is 0 Å². The Morgan fingerprint density at radius 1 is 1.24 bits per heavy atom. The lowest BCUT2D eigenvalue weighted by atomic mass is 10.1. The number of hydrogen-bond donors (Lipinski definition) is 1. The lowest BCUT2D eigenvalue weighted by Gasteiger charge is -2.11. The maximum Gasteiger partial charge on any atom is 0.273 e. The fourth-order valence-electron chi connectivity index (χ4n) is 2.13. The number of aromatic hydroxyl groups is 1. The first-order valence-electron chi connectivity index (χ1n) is 6.01. The van der Waals surface area contributed by atoms with Crippen LogP contribution < -0.4 is 5.56 Å². The summed E-state index contributed by atoms with van der Waals surface area (Å²) in [4.78, 5) is 16.4. The Morgan fingerprint density at radius 3 is 2.71 bits per heavy atom. The predicted octanol–water partition coefficient (Wildman–Crippen LogP) is 2.62. The quantitative estimate of drug-likeness (QED) is 0.700. The van der Waals surface area contributed by atoms with Crippen LogP contribution >= 0.6 is 11.6 Å². The highest BCUT2D eigenvalue weighted by atomic mass is 35.5. The van der Waals surface area contributed by atoms with Crippen molar-refractivity contribution in [3.63, 3.8) is 0 Å². The first-order valence-corrected chi connectivity index (χ1v) is 6.39. The van der Waals surface area contributed by atoms with Crippen molar-refractivity contribution in [3.05, 3.63) is 63.7 Å². The predicted molar refractivity (Wildman–Crippen MR) is 78.7 cm³/mol. The van der Waals surface area contributed by atoms with Crippen molar-refractivity contribution < 1.29 is 5.11 Å². The molecule has 3 aromatic rings. The zero-order valence-electron chi connectivity index (χ0n) is 10.6. The zero-order valence-corrected chi connectivity index (χ0v) is 11.4. The molecule has 3 rings (SSSR count). The summed E-state index contributed by atoms with van der Waals surface area (Å²) in [5.74, 6) is 0.0299. The molecule has 5 nitrogen and oxygen atoms in total. The molecule has 2 aromatic heterocycles. The lowest BCUT2D eigenvalue weighted by molar-refractivity contribution is 0.476. The molecule has 1 aromatic carbocycles. The minimum absolute atomic E-state index is 0.0168. The summed E-state index contributed by atoms with van der Waals surface area (Å²) in [6.45, 7) is 0. The number of nitriles is 1. The van der Waals surface area contributed by atoms with Crippen LogP contribution in [0.25, 0.3) is 16.6 Å². The van der Waals surface area contributed by atoms with E-state index >= 15 is 0 Å². The van der Waals surface area contributed by atoms with Gasteiger partial charge in [0, 0.05) is 11.5 Å². The number of hydrogen-bond acceptors (Lipinski definition) is 4. The Labute approximate surface area is 124 Å². The van der Waals surface area contributed by atoms with E-state index in [1.807, 2.05) is 6.07 Å². The van der Waals surface area contributed by atoms with Gasteiger partial charge in [0.25, 0.3) is 5.56 Å². The van der Waals surface area contributed by atoms with Crippen LogP contribution in [0.5, 0.6) is 5.75 Å². The number of aromatic nitrogens is 2. The number of rotatable bonds is 1. The second-order valence-corrected chi connectivity index (χ2v) is 4.78. The minimum atomic E-state index is -0.472. The SMILES string of the molecule is N#Cc1cc2ccc(O)cc2n(-c2ccc(Cl)nc2)c1=O. The van der Waals surface area contributed by atoms with E-state index in [4.69, 9.17) is 16.9 Å². The average molecular weight is 298 g/mol. The van der Waals surface area contributed by atoms with Gasteiger partial charge in [-0.3, -0.25) is 9.36 Å². The van der Waals surface area contributed by atoms with Crippen molar-refractivity contribution in [1.82, 2.24) is 9.55 Å². The third-order valence-corrected chi connectivity index (χ3v) is 3.30. The molecule has 0 saturated heterocycles. The standard InChI is InChI=1S/C15H8ClN3O2/c16-14-4-2-11(8-18-14)19-13-6-12(20)3-1-9(13)5-10(7-17)15(19)21/h1-6,8,20H. The summed E-state index contributed by atoms with van der Waals surface area (Å²) >= 11 is 5.75. The smallest absolute Gasteiger partial charge is 0.273 e. The molecule has 6 heteroatoms. The molecule has 0 radical (unpaired) electrons. The number of nitrogens with zero attached hydrogens (tertiary/aromatic N) is 3. The maximum absolute atomic E-state index is 12.4. The van der Waals surface area contributed by atoms with E-state index in [0.717, 1.165) is 0 Å². The van der Waals surface area contributed by atoms with Crippen LogP contribution in [0.15, 0.2) is 47.4 Å². The molecule has 0 atom stereocenters. The molecular formula is C15H8ClN3O2. The third-order valence-electron chi connectivity index (χ3n) is 3.08. The zero-order chi connectivity index (χ0) is 15.0. The van der Waals surface area contributed by atoms with E-state index in [1.165, 1.54) is 29.0 Å². The van der Waals surface area contributed by atoms with Gasteiger partial charge >= 0.3 is 0 Å². The van der Waals surface area contributed by atoms with E-state index in [-0.39, 0.29) is 11.3 Å². The number of benzene rings is 1. The van der Waals surface area contributed by atoms with E-state index in [9.17, 15) is 9.90 Å². The second kappa shape index (κ2) is 4.93. The Bertz CT molecular complexity index is 940. The van der Waals surface area contributed by atoms with Crippen molar-refractivity contribution in [3.8, 4) is 17.5 Å². The fraction of sp³-hybridized carbons (Fsp3) is 0. The van der Waals surface area contributed by atoms with Crippen LogP contribution in [-0.2, 0) is 0 Å². The normalized spacial score (nSPS) is 10.5. The first-order chi connectivity index (χ1) is 10.1. The van der Waals surface area contributed by atoms with Gasteiger partial charge in [-0.05, 0) is 30.3 Å². The van der Waals surface area contributed by atoms with Gasteiger partial charge in [-0.25, -0.2) is 4.98 Å². The molecule has 2 heterocycles. The number of pyridine rings is 2. The highest BCUT2D eigenvalue weighted by Crippen LogP contribution is 2.22. The molecule has 0 aliphatic heterocycles. The average Bonchev–Trinajstić information content (AvgIpc) is 2.48. The van der Waals surface area contributed by atoms with Gasteiger partial charge in [-0.15, -0.1) is 0 Å². The van der Waals surface area contributed by atoms with Crippen molar-refractivity contribution >= 4 is 22.5 Å². The van der Waals surface area contributed by atoms with Crippen LogP contribution in [0, 0.1) is 11.3 Å². The third kappa shape index (κ3) is 2.22. The van der Waals surface area contributed by atoms with Crippen molar-refractivity contribution in [2.75, 3.05) is 0 Å². The number of phenols is 1. The molecule has 21 heavy (non-hydrogen) atoms. The number of phenolic OH excluding ortho intramolecular Hbond substituents is 1. The lowest BCUT2D eigenvalue weighted by Crippen LogP contribution is -2.21. The van der Waals surface area contributed by atoms with Crippen molar-refractivity contribution in [2.45, 2.75) is 0 Å². The molecule has 0 fully saturated rings. The highest BCUT2D eigenvalue weighted by Gasteiger charge is 2.11. The Morgan fingerprint density at radius 2 is 2.05 bits per heavy atom. The molecule has 0 amide bonds. The van der Waals surface area contributed by atoms with Gasteiger partial charge < -0.3 is 5.11 Å². The monoisotopic (exact) mass is 297 g/mol. The number of fused-ring (bicyclic) bond motifs is 1. The van der Waals surface area contributed by atoms with E-state index < -0.39 is 5.56 Å². The summed E-state index contributed by atoms with van der Waals surface area (Å²) in [5.41, 5.74) is 0.503. The van der Waals surface area contributed by atoms with Gasteiger partial charge in [0.2, 0.25) is 0 Å². The first kappa shape index (κ1) is 13.2. The molecule has 0 unspecified atom stereocenters. The summed E-state index contributed by atoms with van der Waals surface area (Å²) in [5, 5.41) is 19.7. The molecule has 0 bridgehead atoms.